The Hall–Kier alpha value is -2.14. The predicted octanol–water partition coefficient (Wildman–Crippen LogP) is 3.70. The third kappa shape index (κ3) is 4.59. The number of fused-ring (bicyclic) bond motifs is 1. The third-order valence-corrected chi connectivity index (χ3v) is 5.56. The number of aromatic nitrogens is 1. The monoisotopic (exact) mass is 370 g/mol. The molecule has 1 amide bonds. The van der Waals surface area contributed by atoms with Crippen molar-refractivity contribution in [2.75, 3.05) is 20.3 Å². The summed E-state index contributed by atoms with van der Waals surface area (Å²) in [4.78, 5) is 30.5. The standard InChI is InChI=1S/C22H30N2O3/c1-15-11-16(2)20-18(12-15)13-19(21(25)23-20)14-24(9-10-27-3)22(26)17-7-5-4-6-8-17/h11-13,17H,4-10,14H2,1-3H3,(H,23,25). The molecular weight excluding hydrogens is 340 g/mol. The van der Waals surface area contributed by atoms with Crippen LogP contribution in [0.25, 0.3) is 10.9 Å². The lowest BCUT2D eigenvalue weighted by molar-refractivity contribution is -0.137. The zero-order valence-corrected chi connectivity index (χ0v) is 16.6. The highest BCUT2D eigenvalue weighted by molar-refractivity contribution is 5.83. The molecule has 27 heavy (non-hydrogen) atoms. The molecule has 1 aliphatic rings. The molecule has 5 heteroatoms. The van der Waals surface area contributed by atoms with Crippen molar-refractivity contribution in [2.45, 2.75) is 52.5 Å². The lowest BCUT2D eigenvalue weighted by Gasteiger charge is -2.29. The molecule has 0 aliphatic heterocycles. The Balaban J connectivity index is 1.89. The van der Waals surface area contributed by atoms with Gasteiger partial charge in [0.1, 0.15) is 0 Å². The van der Waals surface area contributed by atoms with Crippen LogP contribution < -0.4 is 5.56 Å². The van der Waals surface area contributed by atoms with Gasteiger partial charge in [-0.3, -0.25) is 9.59 Å². The molecule has 2 aromatic rings. The number of aromatic amines is 1. The quantitative estimate of drug-likeness (QED) is 0.843. The lowest BCUT2D eigenvalue weighted by atomic mass is 9.88. The van der Waals surface area contributed by atoms with Gasteiger partial charge in [-0.2, -0.15) is 0 Å². The van der Waals surface area contributed by atoms with Crippen molar-refractivity contribution in [3.63, 3.8) is 0 Å². The number of amides is 1. The number of ether oxygens (including phenoxy) is 1. The second kappa shape index (κ2) is 8.70. The Morgan fingerprint density at radius 2 is 1.93 bits per heavy atom. The molecule has 3 rings (SSSR count). The van der Waals surface area contributed by atoms with Gasteiger partial charge in [0.15, 0.2) is 0 Å². The topological polar surface area (TPSA) is 62.4 Å². The molecule has 0 spiro atoms. The van der Waals surface area contributed by atoms with Gasteiger partial charge in [-0.25, -0.2) is 0 Å². The van der Waals surface area contributed by atoms with E-state index >= 15 is 0 Å². The van der Waals surface area contributed by atoms with E-state index in [1.54, 1.807) is 12.0 Å². The molecule has 0 unspecified atom stereocenters. The summed E-state index contributed by atoms with van der Waals surface area (Å²) < 4.78 is 5.20. The van der Waals surface area contributed by atoms with Crippen LogP contribution in [0, 0.1) is 19.8 Å². The average Bonchev–Trinajstić information content (AvgIpc) is 2.66. The molecular formula is C22H30N2O3. The molecule has 0 saturated heterocycles. The summed E-state index contributed by atoms with van der Waals surface area (Å²) in [6.07, 6.45) is 5.35. The van der Waals surface area contributed by atoms with Crippen LogP contribution in [0.1, 0.15) is 48.8 Å². The minimum atomic E-state index is -0.117. The van der Waals surface area contributed by atoms with Gasteiger partial charge in [-0.05, 0) is 49.8 Å². The third-order valence-electron chi connectivity index (χ3n) is 5.56. The number of methoxy groups -OCH3 is 1. The van der Waals surface area contributed by atoms with Gasteiger partial charge in [0.25, 0.3) is 5.56 Å². The van der Waals surface area contributed by atoms with E-state index in [0.717, 1.165) is 47.7 Å². The Morgan fingerprint density at radius 3 is 2.63 bits per heavy atom. The number of hydrogen-bond acceptors (Lipinski definition) is 3. The van der Waals surface area contributed by atoms with Crippen molar-refractivity contribution >= 4 is 16.8 Å². The number of nitrogens with one attached hydrogen (secondary N) is 1. The van der Waals surface area contributed by atoms with E-state index in [4.69, 9.17) is 4.74 Å². The number of pyridine rings is 1. The molecule has 1 aromatic carbocycles. The maximum absolute atomic E-state index is 13.0. The van der Waals surface area contributed by atoms with Gasteiger partial charge in [0.05, 0.1) is 18.7 Å². The molecule has 1 aliphatic carbocycles. The highest BCUT2D eigenvalue weighted by atomic mass is 16.5. The second-order valence-electron chi connectivity index (χ2n) is 7.76. The zero-order chi connectivity index (χ0) is 19.4. The Kier molecular flexibility index (Phi) is 6.32. The maximum Gasteiger partial charge on any atom is 0.253 e. The van der Waals surface area contributed by atoms with Crippen molar-refractivity contribution in [1.29, 1.82) is 0 Å². The molecule has 0 atom stereocenters. The Bertz CT molecular complexity index is 866. The van der Waals surface area contributed by atoms with Gasteiger partial charge in [-0.15, -0.1) is 0 Å². The molecule has 1 fully saturated rings. The molecule has 5 nitrogen and oxygen atoms in total. The first-order valence-electron chi connectivity index (χ1n) is 9.90. The molecule has 0 radical (unpaired) electrons. The molecule has 0 bridgehead atoms. The molecule has 1 aromatic heterocycles. The molecule has 1 saturated carbocycles. The van der Waals surface area contributed by atoms with Gasteiger partial charge in [0, 0.05) is 25.1 Å². The summed E-state index contributed by atoms with van der Waals surface area (Å²) in [5, 5.41) is 1.01. The van der Waals surface area contributed by atoms with Gasteiger partial charge in [-0.1, -0.05) is 30.9 Å². The molecule has 1 N–H and O–H groups in total. The van der Waals surface area contributed by atoms with Crippen molar-refractivity contribution in [3.8, 4) is 0 Å². The van der Waals surface area contributed by atoms with Crippen LogP contribution in [0.15, 0.2) is 23.0 Å². The minimum absolute atomic E-state index is 0.0830. The number of nitrogens with zero attached hydrogens (tertiary/aromatic N) is 1. The summed E-state index contributed by atoms with van der Waals surface area (Å²) in [7, 11) is 1.64. The highest BCUT2D eigenvalue weighted by Crippen LogP contribution is 2.26. The number of aryl methyl sites for hydroxylation is 2. The Morgan fingerprint density at radius 1 is 1.19 bits per heavy atom. The number of benzene rings is 1. The summed E-state index contributed by atoms with van der Waals surface area (Å²) in [6.45, 7) is 5.37. The summed E-state index contributed by atoms with van der Waals surface area (Å²) in [6, 6.07) is 6.07. The van der Waals surface area contributed by atoms with Crippen LogP contribution in [0.4, 0.5) is 0 Å². The van der Waals surface area contributed by atoms with Crippen LogP contribution >= 0.6 is 0 Å². The van der Waals surface area contributed by atoms with Crippen molar-refractivity contribution in [1.82, 2.24) is 9.88 Å². The minimum Gasteiger partial charge on any atom is -0.383 e. The number of H-pyrrole nitrogens is 1. The van der Waals surface area contributed by atoms with Gasteiger partial charge >= 0.3 is 0 Å². The van der Waals surface area contributed by atoms with Gasteiger partial charge in [0.2, 0.25) is 5.91 Å². The zero-order valence-electron chi connectivity index (χ0n) is 16.6. The molecule has 1 heterocycles. The van der Waals surface area contributed by atoms with E-state index in [0.29, 0.717) is 25.3 Å². The van der Waals surface area contributed by atoms with E-state index < -0.39 is 0 Å². The molecule has 146 valence electrons. The predicted molar refractivity (Wildman–Crippen MR) is 108 cm³/mol. The number of carbonyl (C=O) groups excluding carboxylic acids is 1. The van der Waals surface area contributed by atoms with Gasteiger partial charge < -0.3 is 14.6 Å². The fourth-order valence-corrected chi connectivity index (χ4v) is 4.13. The van der Waals surface area contributed by atoms with E-state index in [2.05, 4.69) is 24.0 Å². The van der Waals surface area contributed by atoms with Crippen LogP contribution in [-0.4, -0.2) is 36.1 Å². The first-order valence-corrected chi connectivity index (χ1v) is 9.90. The summed E-state index contributed by atoms with van der Waals surface area (Å²) in [5.41, 5.74) is 3.60. The van der Waals surface area contributed by atoms with E-state index in [-0.39, 0.29) is 17.4 Å². The SMILES string of the molecule is COCCN(Cc1cc2cc(C)cc(C)c2[nH]c1=O)C(=O)C1CCCCC1. The summed E-state index contributed by atoms with van der Waals surface area (Å²) >= 11 is 0. The fourth-order valence-electron chi connectivity index (χ4n) is 4.13. The Labute approximate surface area is 160 Å². The van der Waals surface area contributed by atoms with E-state index in [1.165, 1.54) is 6.42 Å². The van der Waals surface area contributed by atoms with E-state index in [9.17, 15) is 9.59 Å². The van der Waals surface area contributed by atoms with Crippen LogP contribution in [-0.2, 0) is 16.1 Å². The number of hydrogen-bond donors (Lipinski definition) is 1. The van der Waals surface area contributed by atoms with Crippen molar-refractivity contribution in [3.05, 3.63) is 45.2 Å². The fraction of sp³-hybridized carbons (Fsp3) is 0.545. The largest absolute Gasteiger partial charge is 0.383 e. The number of rotatable bonds is 6. The number of carbonyl (C=O) groups is 1. The first kappa shape index (κ1) is 19.6. The first-order chi connectivity index (χ1) is 13.0. The smallest absolute Gasteiger partial charge is 0.253 e. The highest BCUT2D eigenvalue weighted by Gasteiger charge is 2.26. The normalized spacial score (nSPS) is 15.2. The summed E-state index contributed by atoms with van der Waals surface area (Å²) in [5.74, 6) is 0.242. The van der Waals surface area contributed by atoms with Crippen LogP contribution in [0.3, 0.4) is 0 Å². The average molecular weight is 370 g/mol. The van der Waals surface area contributed by atoms with Crippen molar-refractivity contribution in [2.24, 2.45) is 5.92 Å². The van der Waals surface area contributed by atoms with E-state index in [1.807, 2.05) is 13.0 Å². The van der Waals surface area contributed by atoms with Crippen LogP contribution in [0.2, 0.25) is 0 Å². The van der Waals surface area contributed by atoms with Crippen LogP contribution in [0.5, 0.6) is 0 Å². The maximum atomic E-state index is 13.0. The second-order valence-corrected chi connectivity index (χ2v) is 7.76. The lowest BCUT2D eigenvalue weighted by Crippen LogP contribution is -2.39. The van der Waals surface area contributed by atoms with Crippen molar-refractivity contribution < 1.29 is 9.53 Å².